The van der Waals surface area contributed by atoms with Crippen molar-refractivity contribution in [3.63, 3.8) is 0 Å². The number of nitrogens with one attached hydrogen (secondary N) is 3. The number of nitrogens with zero attached hydrogens (tertiary/aromatic N) is 6. The average molecular weight is 802 g/mol. The van der Waals surface area contributed by atoms with Gasteiger partial charge < -0.3 is 20.4 Å². The summed E-state index contributed by atoms with van der Waals surface area (Å²) >= 11 is 6.59. The first-order chi connectivity index (χ1) is 27.7. The molecule has 0 radical (unpaired) electrons. The lowest BCUT2D eigenvalue weighted by atomic mass is 9.86. The van der Waals surface area contributed by atoms with Crippen LogP contribution in [0.3, 0.4) is 0 Å². The molecule has 2 saturated carbocycles. The smallest absolute Gasteiger partial charge is 0.255 e. The molecule has 3 amide bonds. The lowest BCUT2D eigenvalue weighted by molar-refractivity contribution is -0.136. The molecule has 57 heavy (non-hydrogen) atoms. The number of carbonyl (C=O) groups excluding carboxylic acids is 3. The van der Waals surface area contributed by atoms with Crippen LogP contribution in [0.1, 0.15) is 129 Å². The Morgan fingerprint density at radius 1 is 0.930 bits per heavy atom. The van der Waals surface area contributed by atoms with E-state index in [1.807, 2.05) is 17.9 Å². The lowest BCUT2D eigenvalue weighted by Gasteiger charge is -2.34. The van der Waals surface area contributed by atoms with Crippen LogP contribution in [0.15, 0.2) is 24.5 Å². The summed E-state index contributed by atoms with van der Waals surface area (Å²) in [5.74, 6) is 0.0466. The largest absolute Gasteiger partial charge is 0.351 e. The molecule has 3 aliphatic heterocycles. The van der Waals surface area contributed by atoms with E-state index in [-0.39, 0.29) is 30.7 Å². The Bertz CT molecular complexity index is 1940. The van der Waals surface area contributed by atoms with Crippen LogP contribution in [-0.4, -0.2) is 91.6 Å². The molecule has 2 atom stereocenters. The average Bonchev–Trinajstić information content (AvgIpc) is 3.88. The van der Waals surface area contributed by atoms with Crippen molar-refractivity contribution < 1.29 is 18.8 Å². The van der Waals surface area contributed by atoms with Gasteiger partial charge in [-0.15, -0.1) is 0 Å². The van der Waals surface area contributed by atoms with E-state index in [0.29, 0.717) is 35.0 Å². The summed E-state index contributed by atoms with van der Waals surface area (Å²) in [6.07, 6.45) is 20.0. The topological polar surface area (TPSA) is 137 Å². The second kappa shape index (κ2) is 17.9. The summed E-state index contributed by atoms with van der Waals surface area (Å²) in [4.78, 5) is 51.0. The highest BCUT2D eigenvalue weighted by molar-refractivity contribution is 6.33. The predicted octanol–water partition coefficient (Wildman–Crippen LogP) is 6.53. The van der Waals surface area contributed by atoms with Crippen molar-refractivity contribution in [2.24, 2.45) is 13.0 Å². The van der Waals surface area contributed by atoms with Gasteiger partial charge in [-0.3, -0.25) is 24.4 Å². The van der Waals surface area contributed by atoms with Gasteiger partial charge in [0.25, 0.3) is 5.91 Å². The molecular weight excluding hydrogens is 745 g/mol. The molecule has 14 heteroatoms. The minimum absolute atomic E-state index is 0.149. The molecule has 0 spiro atoms. The third-order valence-electron chi connectivity index (χ3n) is 13.0. The molecule has 12 nitrogen and oxygen atoms in total. The predicted molar refractivity (Wildman–Crippen MR) is 217 cm³/mol. The summed E-state index contributed by atoms with van der Waals surface area (Å²) < 4.78 is 16.8. The van der Waals surface area contributed by atoms with Crippen molar-refractivity contribution in [1.29, 1.82) is 0 Å². The molecule has 306 valence electrons. The molecule has 2 saturated heterocycles. The second-order valence-electron chi connectivity index (χ2n) is 17.1. The van der Waals surface area contributed by atoms with Gasteiger partial charge >= 0.3 is 0 Å². The van der Waals surface area contributed by atoms with E-state index in [4.69, 9.17) is 16.6 Å². The highest BCUT2D eigenvalue weighted by atomic mass is 35.5. The van der Waals surface area contributed by atoms with Gasteiger partial charge in [0.1, 0.15) is 11.9 Å². The van der Waals surface area contributed by atoms with E-state index in [2.05, 4.69) is 30.9 Å². The Morgan fingerprint density at radius 3 is 2.53 bits per heavy atom. The number of hydrogen-bond acceptors (Lipinski definition) is 9. The van der Waals surface area contributed by atoms with E-state index in [9.17, 15) is 18.8 Å². The number of benzene rings is 1. The fourth-order valence-corrected chi connectivity index (χ4v) is 9.77. The monoisotopic (exact) mass is 801 g/mol. The zero-order valence-corrected chi connectivity index (χ0v) is 34.0. The fraction of sp³-hybridized carbons (Fsp3) is 0.628. The number of carbonyl (C=O) groups is 3. The van der Waals surface area contributed by atoms with Gasteiger partial charge in [-0.05, 0) is 132 Å². The van der Waals surface area contributed by atoms with E-state index in [1.165, 1.54) is 55.2 Å². The first-order valence-corrected chi connectivity index (χ1v) is 21.8. The van der Waals surface area contributed by atoms with Crippen molar-refractivity contribution in [2.75, 3.05) is 31.5 Å². The number of aromatic nitrogens is 4. The van der Waals surface area contributed by atoms with Crippen LogP contribution in [0.4, 0.5) is 10.3 Å². The molecular formula is C43H57ClFN9O3. The van der Waals surface area contributed by atoms with Crippen LogP contribution in [0, 0.1) is 11.7 Å². The lowest BCUT2D eigenvalue weighted by Crippen LogP contribution is -2.52. The summed E-state index contributed by atoms with van der Waals surface area (Å²) in [5.41, 5.74) is 5.08. The van der Waals surface area contributed by atoms with Crippen LogP contribution in [-0.2, 0) is 29.6 Å². The number of anilines is 1. The maximum atomic E-state index is 14.9. The Kier molecular flexibility index (Phi) is 12.5. The Morgan fingerprint density at radius 2 is 1.72 bits per heavy atom. The molecule has 2 unspecified atom stereocenters. The number of imide groups is 1. The standard InChI is InChI=1S/C43H57ClFN9O3/c1-52-38(20-27-9-10-27)34(23-48-52)40-36(44)24-47-43(51-40)49-31-13-11-30(12-14-31)46-17-5-3-2-4-6-18-53-19-7-8-28(25-53)32-21-29(45)22-33-35(32)26-54(42(33)57)37-15-16-39(55)50-41(37)56/h21-24,27-28,30-31,37,46H,2-20,25-26H2,1H3,(H,47,49,51)(H,50,55,56). The second-order valence-corrected chi connectivity index (χ2v) is 17.5. The molecule has 2 aromatic heterocycles. The SMILES string of the molecule is Cn1ncc(-c2nc(NC3CCC(NCCCCCCCN4CCCC(c5cc(F)cc6c5CN(C5CCC(=O)NC5=O)C6=O)C4)CC3)ncc2Cl)c1CC1CC1. The highest BCUT2D eigenvalue weighted by Gasteiger charge is 2.41. The van der Waals surface area contributed by atoms with Crippen molar-refractivity contribution in [3.8, 4) is 11.3 Å². The Balaban J connectivity index is 0.717. The van der Waals surface area contributed by atoms with Crippen molar-refractivity contribution in [1.82, 2.24) is 40.2 Å². The van der Waals surface area contributed by atoms with Gasteiger partial charge in [0.2, 0.25) is 17.8 Å². The van der Waals surface area contributed by atoms with Crippen LogP contribution >= 0.6 is 11.6 Å². The third kappa shape index (κ3) is 9.52. The van der Waals surface area contributed by atoms with Gasteiger partial charge in [0.15, 0.2) is 0 Å². The van der Waals surface area contributed by atoms with Crippen LogP contribution in [0.25, 0.3) is 11.3 Å². The van der Waals surface area contributed by atoms with E-state index in [1.54, 1.807) is 12.3 Å². The summed E-state index contributed by atoms with van der Waals surface area (Å²) in [7, 11) is 1.99. The number of piperidine rings is 2. The minimum Gasteiger partial charge on any atom is -0.351 e. The van der Waals surface area contributed by atoms with Crippen molar-refractivity contribution >= 4 is 35.3 Å². The molecule has 3 N–H and O–H groups in total. The molecule has 0 bridgehead atoms. The maximum absolute atomic E-state index is 14.9. The molecule has 4 fully saturated rings. The van der Waals surface area contributed by atoms with Crippen molar-refractivity contribution in [2.45, 2.75) is 133 Å². The fourth-order valence-electron chi connectivity index (χ4n) is 9.58. The zero-order valence-electron chi connectivity index (χ0n) is 33.2. The normalized spacial score (nSPS) is 24.2. The van der Waals surface area contributed by atoms with Gasteiger partial charge in [0, 0.05) is 55.5 Å². The number of aryl methyl sites for hydroxylation is 1. The summed E-state index contributed by atoms with van der Waals surface area (Å²) in [6, 6.07) is 3.12. The molecule has 1 aromatic carbocycles. The number of hydrogen-bond donors (Lipinski definition) is 3. The van der Waals surface area contributed by atoms with Crippen LogP contribution in [0.2, 0.25) is 5.02 Å². The zero-order chi connectivity index (χ0) is 39.5. The summed E-state index contributed by atoms with van der Waals surface area (Å²) in [5, 5.41) is 14.8. The molecule has 8 rings (SSSR count). The highest BCUT2D eigenvalue weighted by Crippen LogP contribution is 2.39. The van der Waals surface area contributed by atoms with Gasteiger partial charge in [-0.1, -0.05) is 30.9 Å². The number of likely N-dealkylation sites (tertiary alicyclic amines) is 1. The van der Waals surface area contributed by atoms with Gasteiger partial charge in [0.05, 0.1) is 23.1 Å². The number of amides is 3. The molecule has 5 aliphatic rings. The summed E-state index contributed by atoms with van der Waals surface area (Å²) in [6.45, 7) is 4.26. The van der Waals surface area contributed by atoms with Crippen LogP contribution < -0.4 is 16.0 Å². The van der Waals surface area contributed by atoms with E-state index >= 15 is 0 Å². The quantitative estimate of drug-likeness (QED) is 0.109. The van der Waals surface area contributed by atoms with E-state index in [0.717, 1.165) is 106 Å². The van der Waals surface area contributed by atoms with Gasteiger partial charge in [-0.2, -0.15) is 5.10 Å². The number of rotatable bonds is 16. The first-order valence-electron chi connectivity index (χ1n) is 21.4. The molecule has 5 heterocycles. The number of halogens is 2. The van der Waals surface area contributed by atoms with E-state index < -0.39 is 17.8 Å². The number of fused-ring (bicyclic) bond motifs is 1. The Hall–Kier alpha value is -3.94. The van der Waals surface area contributed by atoms with Gasteiger partial charge in [-0.25, -0.2) is 14.4 Å². The molecule has 2 aliphatic carbocycles. The minimum atomic E-state index is -0.699. The number of unbranched alkanes of at least 4 members (excludes halogenated alkanes) is 4. The molecule has 3 aromatic rings. The van der Waals surface area contributed by atoms with Crippen molar-refractivity contribution in [3.05, 3.63) is 57.8 Å². The third-order valence-corrected chi connectivity index (χ3v) is 13.3. The Labute approximate surface area is 340 Å². The first kappa shape index (κ1) is 39.9. The maximum Gasteiger partial charge on any atom is 0.255 e. The van der Waals surface area contributed by atoms with Crippen LogP contribution in [0.5, 0.6) is 0 Å².